The van der Waals surface area contributed by atoms with E-state index in [1.807, 2.05) is 12.1 Å². The van der Waals surface area contributed by atoms with Crippen LogP contribution in [0.5, 0.6) is 0 Å². The van der Waals surface area contributed by atoms with Crippen molar-refractivity contribution in [1.29, 1.82) is 0 Å². The number of nitrogens with two attached hydrogens (primary N) is 1. The lowest BCUT2D eigenvalue weighted by Gasteiger charge is -2.14. The largest absolute Gasteiger partial charge is 0.330 e. The molecule has 0 aliphatic rings. The van der Waals surface area contributed by atoms with Crippen LogP contribution >= 0.6 is 22.9 Å². The molecule has 0 bridgehead atoms. The zero-order chi connectivity index (χ0) is 12.1. The van der Waals surface area contributed by atoms with Gasteiger partial charge < -0.3 is 5.73 Å². The maximum absolute atomic E-state index is 5.87. The van der Waals surface area contributed by atoms with E-state index in [2.05, 4.69) is 29.0 Å². The highest BCUT2D eigenvalue weighted by Crippen LogP contribution is 2.17. The zero-order valence-electron chi connectivity index (χ0n) is 9.60. The first kappa shape index (κ1) is 12.6. The Morgan fingerprint density at radius 2 is 1.76 bits per heavy atom. The van der Waals surface area contributed by atoms with E-state index in [-0.39, 0.29) is 0 Å². The second-order valence-corrected chi connectivity index (χ2v) is 5.48. The average Bonchev–Trinajstić information content (AvgIpc) is 2.84. The highest BCUT2D eigenvalue weighted by molar-refractivity contribution is 7.07. The molecule has 0 aliphatic heterocycles. The molecule has 0 saturated heterocycles. The summed E-state index contributed by atoms with van der Waals surface area (Å²) in [6, 6.07) is 10.2. The van der Waals surface area contributed by atoms with Gasteiger partial charge in [0.2, 0.25) is 0 Å². The zero-order valence-corrected chi connectivity index (χ0v) is 11.2. The lowest BCUT2D eigenvalue weighted by molar-refractivity contribution is 0.534. The van der Waals surface area contributed by atoms with Crippen LogP contribution < -0.4 is 5.73 Å². The Morgan fingerprint density at radius 1 is 1.06 bits per heavy atom. The number of thiophene rings is 1. The minimum atomic E-state index is 0.505. The molecule has 0 aliphatic carbocycles. The van der Waals surface area contributed by atoms with E-state index in [9.17, 15) is 0 Å². The molecule has 0 saturated carbocycles. The molecule has 0 radical (unpaired) electrons. The maximum Gasteiger partial charge on any atom is 0.0406 e. The molecule has 3 heteroatoms. The standard InChI is InChI=1S/C14H16ClNS/c15-14-3-1-11(2-4-14)7-13(9-16)8-12-5-6-17-10-12/h1-6,10,13H,7-9,16H2. The predicted molar refractivity (Wildman–Crippen MR) is 75.7 cm³/mol. The van der Waals surface area contributed by atoms with E-state index in [1.165, 1.54) is 11.1 Å². The molecule has 1 aromatic carbocycles. The van der Waals surface area contributed by atoms with Crippen LogP contribution in [0, 0.1) is 5.92 Å². The quantitative estimate of drug-likeness (QED) is 0.875. The molecule has 1 unspecified atom stereocenters. The maximum atomic E-state index is 5.87. The van der Waals surface area contributed by atoms with Crippen LogP contribution in [0.4, 0.5) is 0 Å². The van der Waals surface area contributed by atoms with Crippen LogP contribution in [0.2, 0.25) is 5.02 Å². The second-order valence-electron chi connectivity index (χ2n) is 4.27. The molecule has 17 heavy (non-hydrogen) atoms. The third kappa shape index (κ3) is 3.84. The summed E-state index contributed by atoms with van der Waals surface area (Å²) in [5, 5.41) is 5.10. The van der Waals surface area contributed by atoms with Crippen LogP contribution in [0.25, 0.3) is 0 Å². The van der Waals surface area contributed by atoms with Gasteiger partial charge in [0.1, 0.15) is 0 Å². The van der Waals surface area contributed by atoms with Crippen molar-refractivity contribution in [2.24, 2.45) is 11.7 Å². The second kappa shape index (κ2) is 6.20. The summed E-state index contributed by atoms with van der Waals surface area (Å²) in [4.78, 5) is 0. The summed E-state index contributed by atoms with van der Waals surface area (Å²) >= 11 is 7.62. The van der Waals surface area contributed by atoms with Gasteiger partial charge >= 0.3 is 0 Å². The van der Waals surface area contributed by atoms with Gasteiger partial charge in [-0.1, -0.05) is 23.7 Å². The Kier molecular flexibility index (Phi) is 4.60. The first-order valence-corrected chi connectivity index (χ1v) is 7.05. The van der Waals surface area contributed by atoms with Gasteiger partial charge in [-0.25, -0.2) is 0 Å². The summed E-state index contributed by atoms with van der Waals surface area (Å²) < 4.78 is 0. The highest BCUT2D eigenvalue weighted by atomic mass is 35.5. The first-order chi connectivity index (χ1) is 8.28. The van der Waals surface area contributed by atoms with Crippen molar-refractivity contribution in [3.05, 3.63) is 57.2 Å². The van der Waals surface area contributed by atoms with Gasteiger partial charge in [0.15, 0.2) is 0 Å². The molecule has 90 valence electrons. The van der Waals surface area contributed by atoms with Crippen molar-refractivity contribution in [3.8, 4) is 0 Å². The normalized spacial score (nSPS) is 12.6. The molecular formula is C14H16ClNS. The Hall–Kier alpha value is -0.830. The van der Waals surface area contributed by atoms with E-state index >= 15 is 0 Å². The lowest BCUT2D eigenvalue weighted by Crippen LogP contribution is -2.19. The lowest BCUT2D eigenvalue weighted by atomic mass is 9.94. The van der Waals surface area contributed by atoms with Crippen molar-refractivity contribution in [1.82, 2.24) is 0 Å². The van der Waals surface area contributed by atoms with Crippen LogP contribution in [0.1, 0.15) is 11.1 Å². The number of hydrogen-bond acceptors (Lipinski definition) is 2. The van der Waals surface area contributed by atoms with Gasteiger partial charge in [0, 0.05) is 5.02 Å². The molecule has 1 nitrogen and oxygen atoms in total. The molecule has 1 aromatic heterocycles. The molecule has 0 spiro atoms. The Labute approximate surface area is 111 Å². The van der Waals surface area contributed by atoms with E-state index in [0.29, 0.717) is 5.92 Å². The predicted octanol–water partition coefficient (Wildman–Crippen LogP) is 3.76. The summed E-state index contributed by atoms with van der Waals surface area (Å²) in [7, 11) is 0. The van der Waals surface area contributed by atoms with Gasteiger partial charge in [0.25, 0.3) is 0 Å². The number of halogens is 1. The van der Waals surface area contributed by atoms with Gasteiger partial charge in [0.05, 0.1) is 0 Å². The van der Waals surface area contributed by atoms with Crippen molar-refractivity contribution >= 4 is 22.9 Å². The summed E-state index contributed by atoms with van der Waals surface area (Å²) in [5.74, 6) is 0.505. The Balaban J connectivity index is 1.97. The summed E-state index contributed by atoms with van der Waals surface area (Å²) in [5.41, 5.74) is 8.54. The fourth-order valence-electron chi connectivity index (χ4n) is 1.93. The van der Waals surface area contributed by atoms with Gasteiger partial charge in [-0.3, -0.25) is 0 Å². The van der Waals surface area contributed by atoms with Gasteiger partial charge in [-0.2, -0.15) is 11.3 Å². The monoisotopic (exact) mass is 265 g/mol. The average molecular weight is 266 g/mol. The smallest absolute Gasteiger partial charge is 0.0406 e. The fraction of sp³-hybridized carbons (Fsp3) is 0.286. The van der Waals surface area contributed by atoms with E-state index < -0.39 is 0 Å². The number of benzene rings is 1. The Morgan fingerprint density at radius 3 is 2.35 bits per heavy atom. The molecule has 2 aromatic rings. The number of hydrogen-bond donors (Lipinski definition) is 1. The van der Waals surface area contributed by atoms with Crippen LogP contribution in [0.15, 0.2) is 41.1 Å². The molecule has 2 N–H and O–H groups in total. The van der Waals surface area contributed by atoms with E-state index in [1.54, 1.807) is 11.3 Å². The van der Waals surface area contributed by atoms with E-state index in [0.717, 1.165) is 24.4 Å². The SMILES string of the molecule is NCC(Cc1ccc(Cl)cc1)Cc1ccsc1. The molecule has 1 atom stereocenters. The minimum absolute atomic E-state index is 0.505. The molecule has 0 amide bonds. The van der Waals surface area contributed by atoms with Gasteiger partial charge in [-0.15, -0.1) is 0 Å². The summed E-state index contributed by atoms with van der Waals surface area (Å²) in [6.07, 6.45) is 2.08. The Bertz CT molecular complexity index is 436. The first-order valence-electron chi connectivity index (χ1n) is 5.73. The fourth-order valence-corrected chi connectivity index (χ4v) is 2.74. The van der Waals surface area contributed by atoms with Crippen molar-refractivity contribution < 1.29 is 0 Å². The highest BCUT2D eigenvalue weighted by Gasteiger charge is 2.09. The third-order valence-electron chi connectivity index (χ3n) is 2.88. The molecule has 0 fully saturated rings. The van der Waals surface area contributed by atoms with Crippen LogP contribution in [0.3, 0.4) is 0 Å². The molecular weight excluding hydrogens is 250 g/mol. The number of rotatable bonds is 5. The third-order valence-corrected chi connectivity index (χ3v) is 3.86. The van der Waals surface area contributed by atoms with E-state index in [4.69, 9.17) is 17.3 Å². The summed E-state index contributed by atoms with van der Waals surface area (Å²) in [6.45, 7) is 0.721. The van der Waals surface area contributed by atoms with Crippen molar-refractivity contribution in [2.45, 2.75) is 12.8 Å². The van der Waals surface area contributed by atoms with Gasteiger partial charge in [-0.05, 0) is 65.4 Å². The van der Waals surface area contributed by atoms with Crippen molar-refractivity contribution in [3.63, 3.8) is 0 Å². The molecule has 2 rings (SSSR count). The van der Waals surface area contributed by atoms with Crippen LogP contribution in [-0.2, 0) is 12.8 Å². The minimum Gasteiger partial charge on any atom is -0.330 e. The molecule has 1 heterocycles. The topological polar surface area (TPSA) is 26.0 Å². The van der Waals surface area contributed by atoms with Crippen LogP contribution in [-0.4, -0.2) is 6.54 Å². The van der Waals surface area contributed by atoms with Crippen molar-refractivity contribution in [2.75, 3.05) is 6.54 Å².